The van der Waals surface area contributed by atoms with Crippen LogP contribution in [0.3, 0.4) is 0 Å². The normalized spacial score (nSPS) is 28.0. The van der Waals surface area contributed by atoms with E-state index in [1.807, 2.05) is 30.3 Å². The summed E-state index contributed by atoms with van der Waals surface area (Å²) in [4.78, 5) is 26.1. The number of morpholine rings is 1. The van der Waals surface area contributed by atoms with Gasteiger partial charge in [-0.2, -0.15) is 0 Å². The Labute approximate surface area is 135 Å². The molecule has 2 saturated heterocycles. The lowest BCUT2D eigenvalue weighted by atomic mass is 9.97. The van der Waals surface area contributed by atoms with Crippen LogP contribution in [0.5, 0.6) is 0 Å². The van der Waals surface area contributed by atoms with Crippen LogP contribution in [0.2, 0.25) is 0 Å². The van der Waals surface area contributed by atoms with Gasteiger partial charge in [-0.25, -0.2) is 0 Å². The zero-order valence-electron chi connectivity index (χ0n) is 13.2. The standard InChI is InChI=1S/C17H22N2O4/c1-19-14(20)11-23-16(15(19)12-6-3-2-4-7-12)17(21)18-10-13-8-5-9-22-13/h2-4,6-7,13,15-16H,5,8-11H2,1H3,(H,18,21)/t13-,15-,16+/m1/s1. The minimum atomic E-state index is -0.707. The Hall–Kier alpha value is -1.92. The predicted octanol–water partition coefficient (Wildman–Crippen LogP) is 0.880. The summed E-state index contributed by atoms with van der Waals surface area (Å²) in [5.41, 5.74) is 0.889. The number of benzene rings is 1. The topological polar surface area (TPSA) is 67.9 Å². The molecular formula is C17H22N2O4. The van der Waals surface area contributed by atoms with Crippen LogP contribution in [0.25, 0.3) is 0 Å². The second kappa shape index (κ2) is 7.10. The van der Waals surface area contributed by atoms with Gasteiger partial charge in [0.05, 0.1) is 12.1 Å². The first kappa shape index (κ1) is 16.0. The van der Waals surface area contributed by atoms with E-state index < -0.39 is 12.1 Å². The van der Waals surface area contributed by atoms with E-state index in [-0.39, 0.29) is 24.5 Å². The van der Waals surface area contributed by atoms with Crippen molar-refractivity contribution >= 4 is 11.8 Å². The number of hydrogen-bond acceptors (Lipinski definition) is 4. The maximum Gasteiger partial charge on any atom is 0.251 e. The van der Waals surface area contributed by atoms with Crippen molar-refractivity contribution in [2.24, 2.45) is 0 Å². The molecule has 2 fully saturated rings. The molecule has 0 aromatic heterocycles. The van der Waals surface area contributed by atoms with Crippen molar-refractivity contribution in [1.29, 1.82) is 0 Å². The van der Waals surface area contributed by atoms with Crippen LogP contribution in [0.1, 0.15) is 24.4 Å². The first-order valence-corrected chi connectivity index (χ1v) is 7.98. The Kier molecular flexibility index (Phi) is 4.93. The largest absolute Gasteiger partial charge is 0.376 e. The van der Waals surface area contributed by atoms with Crippen molar-refractivity contribution in [2.75, 3.05) is 26.8 Å². The van der Waals surface area contributed by atoms with Crippen molar-refractivity contribution in [3.63, 3.8) is 0 Å². The molecule has 6 heteroatoms. The number of hydrogen-bond donors (Lipinski definition) is 1. The molecule has 2 heterocycles. The molecule has 0 bridgehead atoms. The second-order valence-electron chi connectivity index (χ2n) is 5.97. The van der Waals surface area contributed by atoms with Crippen LogP contribution < -0.4 is 5.32 Å². The van der Waals surface area contributed by atoms with Gasteiger partial charge < -0.3 is 19.7 Å². The lowest BCUT2D eigenvalue weighted by Crippen LogP contribution is -2.53. The van der Waals surface area contributed by atoms with Crippen molar-refractivity contribution in [2.45, 2.75) is 31.1 Å². The van der Waals surface area contributed by atoms with Gasteiger partial charge in [0.1, 0.15) is 6.61 Å². The highest BCUT2D eigenvalue weighted by atomic mass is 16.5. The summed E-state index contributed by atoms with van der Waals surface area (Å²) in [6.07, 6.45) is 1.37. The Balaban J connectivity index is 1.72. The lowest BCUT2D eigenvalue weighted by molar-refractivity contribution is -0.162. The summed E-state index contributed by atoms with van der Waals surface area (Å²) in [5, 5.41) is 2.90. The summed E-state index contributed by atoms with van der Waals surface area (Å²) in [5.74, 6) is -0.323. The molecule has 1 aromatic rings. The first-order valence-electron chi connectivity index (χ1n) is 7.98. The quantitative estimate of drug-likeness (QED) is 0.895. The number of carbonyl (C=O) groups excluding carboxylic acids is 2. The van der Waals surface area contributed by atoms with Crippen LogP contribution >= 0.6 is 0 Å². The number of nitrogens with one attached hydrogen (secondary N) is 1. The number of amides is 2. The van der Waals surface area contributed by atoms with Gasteiger partial charge in [0, 0.05) is 20.2 Å². The van der Waals surface area contributed by atoms with Gasteiger partial charge in [-0.1, -0.05) is 30.3 Å². The number of likely N-dealkylation sites (N-methyl/N-ethyl adjacent to an activating group) is 1. The van der Waals surface area contributed by atoms with E-state index >= 15 is 0 Å². The first-order chi connectivity index (χ1) is 11.2. The van der Waals surface area contributed by atoms with Crippen LogP contribution in [-0.2, 0) is 19.1 Å². The summed E-state index contributed by atoms with van der Waals surface area (Å²) < 4.78 is 11.1. The molecule has 0 radical (unpaired) electrons. The molecule has 1 N–H and O–H groups in total. The molecule has 2 amide bonds. The molecule has 6 nitrogen and oxygen atoms in total. The predicted molar refractivity (Wildman–Crippen MR) is 83.7 cm³/mol. The van der Waals surface area contributed by atoms with Gasteiger partial charge in [0.2, 0.25) is 5.91 Å². The molecule has 23 heavy (non-hydrogen) atoms. The maximum atomic E-state index is 12.6. The van der Waals surface area contributed by atoms with Crippen LogP contribution in [0.4, 0.5) is 0 Å². The molecule has 0 saturated carbocycles. The van der Waals surface area contributed by atoms with E-state index in [4.69, 9.17) is 9.47 Å². The van der Waals surface area contributed by atoms with Gasteiger partial charge in [0.25, 0.3) is 5.91 Å². The molecular weight excluding hydrogens is 296 g/mol. The Bertz CT molecular complexity index is 557. The van der Waals surface area contributed by atoms with Gasteiger partial charge in [-0.05, 0) is 18.4 Å². The Morgan fingerprint density at radius 2 is 2.09 bits per heavy atom. The highest BCUT2D eigenvalue weighted by Crippen LogP contribution is 2.29. The minimum Gasteiger partial charge on any atom is -0.376 e. The third-order valence-corrected chi connectivity index (χ3v) is 4.41. The average Bonchev–Trinajstić information content (AvgIpc) is 3.09. The van der Waals surface area contributed by atoms with Gasteiger partial charge >= 0.3 is 0 Å². The molecule has 0 spiro atoms. The number of carbonyl (C=O) groups is 2. The molecule has 3 rings (SSSR count). The van der Waals surface area contributed by atoms with E-state index in [1.165, 1.54) is 0 Å². The minimum absolute atomic E-state index is 0.0716. The monoisotopic (exact) mass is 318 g/mol. The van der Waals surface area contributed by atoms with E-state index in [2.05, 4.69) is 5.32 Å². The molecule has 124 valence electrons. The Morgan fingerprint density at radius 1 is 1.30 bits per heavy atom. The summed E-state index contributed by atoms with van der Waals surface area (Å²) in [6, 6.07) is 9.09. The van der Waals surface area contributed by atoms with Crippen LogP contribution in [0.15, 0.2) is 30.3 Å². The van der Waals surface area contributed by atoms with Gasteiger partial charge in [-0.15, -0.1) is 0 Å². The third-order valence-electron chi connectivity index (χ3n) is 4.41. The number of ether oxygens (including phenoxy) is 2. The zero-order chi connectivity index (χ0) is 16.2. The Morgan fingerprint density at radius 3 is 2.78 bits per heavy atom. The highest BCUT2D eigenvalue weighted by molar-refractivity contribution is 5.86. The molecule has 0 aliphatic carbocycles. The van der Waals surface area contributed by atoms with Crippen molar-refractivity contribution in [1.82, 2.24) is 10.2 Å². The highest BCUT2D eigenvalue weighted by Gasteiger charge is 2.40. The molecule has 1 aromatic carbocycles. The van der Waals surface area contributed by atoms with E-state index in [0.29, 0.717) is 6.54 Å². The lowest BCUT2D eigenvalue weighted by Gasteiger charge is -2.38. The summed E-state index contributed by atoms with van der Waals surface area (Å²) in [7, 11) is 1.71. The van der Waals surface area contributed by atoms with E-state index in [9.17, 15) is 9.59 Å². The maximum absolute atomic E-state index is 12.6. The molecule has 2 aliphatic rings. The van der Waals surface area contributed by atoms with Gasteiger partial charge in [-0.3, -0.25) is 9.59 Å². The second-order valence-corrected chi connectivity index (χ2v) is 5.97. The fraction of sp³-hybridized carbons (Fsp3) is 0.529. The molecule has 3 atom stereocenters. The zero-order valence-corrected chi connectivity index (χ0v) is 13.2. The van der Waals surface area contributed by atoms with Crippen molar-refractivity contribution < 1.29 is 19.1 Å². The van der Waals surface area contributed by atoms with Crippen LogP contribution in [0, 0.1) is 0 Å². The van der Waals surface area contributed by atoms with E-state index in [0.717, 1.165) is 25.0 Å². The summed E-state index contributed by atoms with van der Waals surface area (Å²) in [6.45, 7) is 1.17. The van der Waals surface area contributed by atoms with Crippen molar-refractivity contribution in [3.8, 4) is 0 Å². The average molecular weight is 318 g/mol. The fourth-order valence-corrected chi connectivity index (χ4v) is 3.10. The van der Waals surface area contributed by atoms with Gasteiger partial charge in [0.15, 0.2) is 6.10 Å². The number of nitrogens with zero attached hydrogens (tertiary/aromatic N) is 1. The van der Waals surface area contributed by atoms with Crippen molar-refractivity contribution in [3.05, 3.63) is 35.9 Å². The SMILES string of the molecule is CN1C(=O)CO[C@H](C(=O)NC[C@H]2CCCO2)[C@H]1c1ccccc1. The van der Waals surface area contributed by atoms with E-state index in [1.54, 1.807) is 11.9 Å². The molecule has 2 aliphatic heterocycles. The smallest absolute Gasteiger partial charge is 0.251 e. The third kappa shape index (κ3) is 3.54. The molecule has 0 unspecified atom stereocenters. The fourth-order valence-electron chi connectivity index (χ4n) is 3.10. The number of rotatable bonds is 4. The van der Waals surface area contributed by atoms with Crippen LogP contribution in [-0.4, -0.2) is 55.7 Å². The summed E-state index contributed by atoms with van der Waals surface area (Å²) >= 11 is 0.